The van der Waals surface area contributed by atoms with Gasteiger partial charge in [0.2, 0.25) is 0 Å². The van der Waals surface area contributed by atoms with Crippen molar-refractivity contribution in [3.63, 3.8) is 0 Å². The van der Waals surface area contributed by atoms with Crippen LogP contribution in [-0.2, 0) is 9.59 Å². The molecule has 0 bridgehead atoms. The third-order valence-electron chi connectivity index (χ3n) is 1.96. The monoisotopic (exact) mass is 300 g/mol. The van der Waals surface area contributed by atoms with E-state index in [-0.39, 0.29) is 5.57 Å². The van der Waals surface area contributed by atoms with E-state index in [0.717, 1.165) is 12.5 Å². The number of carbonyl (C=O) groups is 2. The number of rotatable bonds is 4. The van der Waals surface area contributed by atoms with Crippen LogP contribution in [0.25, 0.3) is 16.5 Å². The molecule has 8 nitrogen and oxygen atoms in total. The largest absolute Gasteiger partial charge is 0.481 e. The van der Waals surface area contributed by atoms with E-state index in [2.05, 4.69) is 10.0 Å². The lowest BCUT2D eigenvalue weighted by atomic mass is 10.2. The molecule has 0 saturated carbocycles. The lowest BCUT2D eigenvalue weighted by Gasteiger charge is -1.93. The minimum Gasteiger partial charge on any atom is -0.481 e. The molecule has 0 fully saturated rings. The molecule has 0 unspecified atom stereocenters. The van der Waals surface area contributed by atoms with E-state index in [1.54, 1.807) is 36.4 Å². The van der Waals surface area contributed by atoms with Crippen LogP contribution in [0.15, 0.2) is 47.1 Å². The van der Waals surface area contributed by atoms with Crippen molar-refractivity contribution in [1.29, 1.82) is 5.26 Å². The first kappa shape index (κ1) is 18.4. The zero-order valence-electron chi connectivity index (χ0n) is 11.5. The summed E-state index contributed by atoms with van der Waals surface area (Å²) >= 11 is 0. The standard InChI is InChI=1S/C12H8N4O2.C2H4O2/c13-8-10(12(17)18)3-1-2-9-4-6-11(7-5-9)15-16-14;1-2(3)4/h1-7H,(H,17,18);1H3,(H,3,4). The number of allylic oxidation sites excluding steroid dienone is 2. The Morgan fingerprint density at radius 1 is 1.32 bits per heavy atom. The highest BCUT2D eigenvalue weighted by Crippen LogP contribution is 2.14. The minimum atomic E-state index is -1.26. The third kappa shape index (κ3) is 8.53. The molecule has 0 saturated heterocycles. The van der Waals surface area contributed by atoms with E-state index in [1.807, 2.05) is 0 Å². The second kappa shape index (κ2) is 10.3. The highest BCUT2D eigenvalue weighted by atomic mass is 16.4. The highest BCUT2D eigenvalue weighted by molar-refractivity contribution is 5.91. The molecule has 1 aromatic carbocycles. The number of nitriles is 1. The predicted molar refractivity (Wildman–Crippen MR) is 78.9 cm³/mol. The first-order chi connectivity index (χ1) is 10.4. The molecule has 0 spiro atoms. The molecule has 1 rings (SSSR count). The topological polar surface area (TPSA) is 147 Å². The molecule has 8 heteroatoms. The molecule has 0 atom stereocenters. The molecule has 112 valence electrons. The zero-order valence-corrected chi connectivity index (χ0v) is 11.5. The van der Waals surface area contributed by atoms with Crippen LogP contribution in [-0.4, -0.2) is 22.2 Å². The van der Waals surface area contributed by atoms with Crippen LogP contribution < -0.4 is 0 Å². The molecular formula is C14H12N4O4. The minimum absolute atomic E-state index is 0.336. The Morgan fingerprint density at radius 2 is 1.86 bits per heavy atom. The summed E-state index contributed by atoms with van der Waals surface area (Å²) in [4.78, 5) is 22.2. The normalized spacial score (nSPS) is 9.91. The first-order valence-electron chi connectivity index (χ1n) is 5.77. The van der Waals surface area contributed by atoms with Crippen molar-refractivity contribution in [3.8, 4) is 6.07 Å². The Balaban J connectivity index is 0.000000980. The van der Waals surface area contributed by atoms with E-state index in [9.17, 15) is 4.79 Å². The van der Waals surface area contributed by atoms with Gasteiger partial charge in [-0.25, -0.2) is 4.79 Å². The van der Waals surface area contributed by atoms with Crippen molar-refractivity contribution in [2.24, 2.45) is 5.11 Å². The Bertz CT molecular complexity index is 674. The fourth-order valence-electron chi connectivity index (χ4n) is 1.12. The summed E-state index contributed by atoms with van der Waals surface area (Å²) in [5, 5.41) is 27.9. The van der Waals surface area contributed by atoms with Gasteiger partial charge in [-0.1, -0.05) is 41.5 Å². The van der Waals surface area contributed by atoms with Crippen LogP contribution in [0.5, 0.6) is 0 Å². The molecule has 0 amide bonds. The molecular weight excluding hydrogens is 288 g/mol. The molecule has 2 N–H and O–H groups in total. The Morgan fingerprint density at radius 3 is 2.27 bits per heavy atom. The van der Waals surface area contributed by atoms with E-state index < -0.39 is 11.9 Å². The van der Waals surface area contributed by atoms with E-state index in [0.29, 0.717) is 5.69 Å². The van der Waals surface area contributed by atoms with Gasteiger partial charge >= 0.3 is 5.97 Å². The lowest BCUT2D eigenvalue weighted by Crippen LogP contribution is -1.96. The van der Waals surface area contributed by atoms with Crippen molar-refractivity contribution < 1.29 is 19.8 Å². The van der Waals surface area contributed by atoms with Gasteiger partial charge in [0, 0.05) is 17.5 Å². The summed E-state index contributed by atoms with van der Waals surface area (Å²) in [6, 6.07) is 8.25. The van der Waals surface area contributed by atoms with Crippen molar-refractivity contribution in [1.82, 2.24) is 0 Å². The molecule has 0 radical (unpaired) electrons. The zero-order chi connectivity index (χ0) is 17.0. The van der Waals surface area contributed by atoms with E-state index in [1.165, 1.54) is 12.2 Å². The Hall–Kier alpha value is -3.56. The van der Waals surface area contributed by atoms with E-state index in [4.69, 9.17) is 25.8 Å². The number of nitrogens with zero attached hydrogens (tertiary/aromatic N) is 4. The second-order valence-electron chi connectivity index (χ2n) is 3.66. The van der Waals surface area contributed by atoms with Crippen molar-refractivity contribution >= 4 is 23.7 Å². The summed E-state index contributed by atoms with van der Waals surface area (Å²) < 4.78 is 0. The lowest BCUT2D eigenvalue weighted by molar-refractivity contribution is -0.134. The van der Waals surface area contributed by atoms with Crippen LogP contribution in [0, 0.1) is 11.3 Å². The predicted octanol–water partition coefficient (Wildman–Crippen LogP) is 3.27. The molecule has 0 aliphatic heterocycles. The average molecular weight is 300 g/mol. The van der Waals surface area contributed by atoms with Crippen LogP contribution in [0.3, 0.4) is 0 Å². The fraction of sp³-hybridized carbons (Fsp3) is 0.0714. The first-order valence-corrected chi connectivity index (χ1v) is 5.77. The van der Waals surface area contributed by atoms with Gasteiger partial charge in [-0.15, -0.1) is 0 Å². The fourth-order valence-corrected chi connectivity index (χ4v) is 1.12. The third-order valence-corrected chi connectivity index (χ3v) is 1.96. The number of hydrogen-bond acceptors (Lipinski definition) is 4. The van der Waals surface area contributed by atoms with Gasteiger partial charge in [0.1, 0.15) is 11.6 Å². The number of carboxylic acids is 2. The van der Waals surface area contributed by atoms with Crippen molar-refractivity contribution in [3.05, 3.63) is 58.0 Å². The number of aliphatic carboxylic acids is 2. The molecule has 0 aromatic heterocycles. The van der Waals surface area contributed by atoms with Gasteiger partial charge in [-0.2, -0.15) is 5.26 Å². The Labute approximate surface area is 125 Å². The summed E-state index contributed by atoms with van der Waals surface area (Å²) in [5.74, 6) is -2.10. The van der Waals surface area contributed by atoms with Gasteiger partial charge < -0.3 is 10.2 Å². The average Bonchev–Trinajstić information content (AvgIpc) is 2.44. The number of carboxylic acid groups (broad SMARTS) is 2. The van der Waals surface area contributed by atoms with Gasteiger partial charge in [0.05, 0.1) is 0 Å². The number of hydrogen-bond donors (Lipinski definition) is 2. The summed E-state index contributed by atoms with van der Waals surface area (Å²) in [6.07, 6.45) is 4.32. The Kier molecular flexibility index (Phi) is 8.59. The molecule has 0 aliphatic rings. The van der Waals surface area contributed by atoms with Crippen molar-refractivity contribution in [2.45, 2.75) is 6.92 Å². The quantitative estimate of drug-likeness (QED) is 0.218. The van der Waals surface area contributed by atoms with Gasteiger partial charge in [-0.05, 0) is 17.2 Å². The second-order valence-corrected chi connectivity index (χ2v) is 3.66. The van der Waals surface area contributed by atoms with Crippen LogP contribution in [0.2, 0.25) is 0 Å². The van der Waals surface area contributed by atoms with E-state index >= 15 is 0 Å². The smallest absolute Gasteiger partial charge is 0.346 e. The van der Waals surface area contributed by atoms with Crippen LogP contribution >= 0.6 is 0 Å². The summed E-state index contributed by atoms with van der Waals surface area (Å²) in [5.41, 5.74) is 9.18. The number of azide groups is 1. The van der Waals surface area contributed by atoms with Crippen LogP contribution in [0.4, 0.5) is 5.69 Å². The molecule has 1 aromatic rings. The van der Waals surface area contributed by atoms with Gasteiger partial charge in [-0.3, -0.25) is 4.79 Å². The van der Waals surface area contributed by atoms with Crippen LogP contribution in [0.1, 0.15) is 12.5 Å². The SMILES string of the molecule is CC(=O)O.N#CC(=CC=Cc1ccc(N=[N+]=[N-])cc1)C(=O)O. The van der Waals surface area contributed by atoms with Gasteiger partial charge in [0.15, 0.2) is 0 Å². The molecule has 0 heterocycles. The van der Waals surface area contributed by atoms with Crippen molar-refractivity contribution in [2.75, 3.05) is 0 Å². The molecule has 0 aliphatic carbocycles. The van der Waals surface area contributed by atoms with Gasteiger partial charge in [0.25, 0.3) is 5.97 Å². The maximum absolute atomic E-state index is 10.5. The summed E-state index contributed by atoms with van der Waals surface area (Å²) in [6.45, 7) is 1.08. The summed E-state index contributed by atoms with van der Waals surface area (Å²) in [7, 11) is 0. The number of benzene rings is 1. The highest BCUT2D eigenvalue weighted by Gasteiger charge is 2.02. The molecule has 22 heavy (non-hydrogen) atoms. The maximum Gasteiger partial charge on any atom is 0.346 e. The maximum atomic E-state index is 10.5.